The number of nitrogens with zero attached hydrogens (tertiary/aromatic N) is 1. The third-order valence-electron chi connectivity index (χ3n) is 3.14. The van der Waals surface area contributed by atoms with Gasteiger partial charge >= 0.3 is 0 Å². The molecule has 1 rings (SSSR count). The van der Waals surface area contributed by atoms with Gasteiger partial charge < -0.3 is 10.6 Å². The largest absolute Gasteiger partial charge is 0.330 e. The van der Waals surface area contributed by atoms with Gasteiger partial charge in [0.1, 0.15) is 0 Å². The molecule has 0 saturated heterocycles. The van der Waals surface area contributed by atoms with Crippen molar-refractivity contribution in [2.24, 2.45) is 17.6 Å². The first kappa shape index (κ1) is 11.0. The summed E-state index contributed by atoms with van der Waals surface area (Å²) < 4.78 is 0. The van der Waals surface area contributed by atoms with Crippen LogP contribution in [-0.2, 0) is 0 Å². The van der Waals surface area contributed by atoms with Crippen LogP contribution >= 0.6 is 0 Å². The van der Waals surface area contributed by atoms with Crippen LogP contribution in [0.2, 0.25) is 0 Å². The average Bonchev–Trinajstić information content (AvgIpc) is 2.49. The maximum atomic E-state index is 5.77. The second kappa shape index (κ2) is 4.97. The van der Waals surface area contributed by atoms with Gasteiger partial charge in [-0.3, -0.25) is 0 Å². The Morgan fingerprint density at radius 2 is 2.08 bits per heavy atom. The van der Waals surface area contributed by atoms with Crippen LogP contribution in [-0.4, -0.2) is 31.1 Å². The normalized spacial score (nSPS) is 29.1. The minimum Gasteiger partial charge on any atom is -0.330 e. The number of hydrogen-bond donors (Lipinski definition) is 1. The van der Waals surface area contributed by atoms with Crippen molar-refractivity contribution in [3.05, 3.63) is 0 Å². The first-order valence-electron chi connectivity index (χ1n) is 5.55. The Morgan fingerprint density at radius 1 is 1.38 bits per heavy atom. The highest BCUT2D eigenvalue weighted by Gasteiger charge is 2.29. The third kappa shape index (κ3) is 2.96. The molecule has 0 amide bonds. The van der Waals surface area contributed by atoms with Gasteiger partial charge in [0.05, 0.1) is 0 Å². The Morgan fingerprint density at radius 3 is 2.62 bits per heavy atom. The standard InChI is InChI=1S/C11H24N2/c1-9(2)8-13(3)11-6-4-5-10(11)7-12/h9-11H,4-8,12H2,1-3H3. The Bertz CT molecular complexity index is 145. The molecule has 0 radical (unpaired) electrons. The topological polar surface area (TPSA) is 29.3 Å². The lowest BCUT2D eigenvalue weighted by atomic mass is 10.0. The fourth-order valence-corrected chi connectivity index (χ4v) is 2.58. The Balaban J connectivity index is 2.40. The Kier molecular flexibility index (Phi) is 4.20. The minimum atomic E-state index is 0.753. The number of nitrogens with two attached hydrogens (primary N) is 1. The van der Waals surface area contributed by atoms with E-state index in [1.54, 1.807) is 0 Å². The van der Waals surface area contributed by atoms with Crippen LogP contribution in [0.15, 0.2) is 0 Å². The minimum absolute atomic E-state index is 0.753. The van der Waals surface area contributed by atoms with Gasteiger partial charge in [-0.05, 0) is 38.3 Å². The molecule has 1 fully saturated rings. The summed E-state index contributed by atoms with van der Waals surface area (Å²) in [6.07, 6.45) is 4.06. The smallest absolute Gasteiger partial charge is 0.0133 e. The summed E-state index contributed by atoms with van der Waals surface area (Å²) in [5.41, 5.74) is 5.77. The molecule has 13 heavy (non-hydrogen) atoms. The van der Waals surface area contributed by atoms with Crippen LogP contribution in [0.5, 0.6) is 0 Å². The van der Waals surface area contributed by atoms with E-state index in [-0.39, 0.29) is 0 Å². The van der Waals surface area contributed by atoms with Crippen molar-refractivity contribution >= 4 is 0 Å². The molecular weight excluding hydrogens is 160 g/mol. The Hall–Kier alpha value is -0.0800. The maximum Gasteiger partial charge on any atom is 0.0133 e. The molecule has 2 atom stereocenters. The first-order chi connectivity index (χ1) is 6.15. The molecule has 0 aromatic heterocycles. The molecule has 0 aromatic rings. The molecule has 0 spiro atoms. The SMILES string of the molecule is CC(C)CN(C)C1CCCC1CN. The quantitative estimate of drug-likeness (QED) is 0.720. The predicted molar refractivity (Wildman–Crippen MR) is 57.7 cm³/mol. The molecule has 0 aromatic carbocycles. The summed E-state index contributed by atoms with van der Waals surface area (Å²) in [6, 6.07) is 0.757. The zero-order chi connectivity index (χ0) is 9.84. The third-order valence-corrected chi connectivity index (χ3v) is 3.14. The Labute approximate surface area is 82.5 Å². The van der Waals surface area contributed by atoms with Crippen molar-refractivity contribution < 1.29 is 0 Å². The zero-order valence-electron chi connectivity index (χ0n) is 9.29. The highest BCUT2D eigenvalue weighted by atomic mass is 15.1. The second-order valence-corrected chi connectivity index (χ2v) is 4.83. The van der Waals surface area contributed by atoms with Gasteiger partial charge in [-0.1, -0.05) is 20.3 Å². The van der Waals surface area contributed by atoms with Crippen molar-refractivity contribution in [1.29, 1.82) is 0 Å². The van der Waals surface area contributed by atoms with Crippen LogP contribution in [0, 0.1) is 11.8 Å². The van der Waals surface area contributed by atoms with E-state index in [9.17, 15) is 0 Å². The maximum absolute atomic E-state index is 5.77. The van der Waals surface area contributed by atoms with E-state index in [2.05, 4.69) is 25.8 Å². The lowest BCUT2D eigenvalue weighted by Gasteiger charge is -2.30. The summed E-state index contributed by atoms with van der Waals surface area (Å²) in [5, 5.41) is 0. The van der Waals surface area contributed by atoms with Crippen molar-refractivity contribution in [3.63, 3.8) is 0 Å². The molecule has 2 unspecified atom stereocenters. The predicted octanol–water partition coefficient (Wildman–Crippen LogP) is 1.70. The summed E-state index contributed by atoms with van der Waals surface area (Å²) in [7, 11) is 2.25. The zero-order valence-corrected chi connectivity index (χ0v) is 9.29. The molecule has 1 aliphatic rings. The molecule has 0 aliphatic heterocycles. The van der Waals surface area contributed by atoms with Gasteiger partial charge in [-0.2, -0.15) is 0 Å². The van der Waals surface area contributed by atoms with Gasteiger partial charge in [0.2, 0.25) is 0 Å². The molecule has 1 saturated carbocycles. The molecule has 78 valence electrons. The number of hydrogen-bond acceptors (Lipinski definition) is 2. The van der Waals surface area contributed by atoms with E-state index in [0.717, 1.165) is 24.4 Å². The molecule has 2 N–H and O–H groups in total. The van der Waals surface area contributed by atoms with Gasteiger partial charge in [0.15, 0.2) is 0 Å². The lowest BCUT2D eigenvalue weighted by Crippen LogP contribution is -2.39. The van der Waals surface area contributed by atoms with Crippen LogP contribution in [0.25, 0.3) is 0 Å². The van der Waals surface area contributed by atoms with E-state index in [0.29, 0.717) is 0 Å². The second-order valence-electron chi connectivity index (χ2n) is 4.83. The highest BCUT2D eigenvalue weighted by Crippen LogP contribution is 2.28. The highest BCUT2D eigenvalue weighted by molar-refractivity contribution is 4.84. The lowest BCUT2D eigenvalue weighted by molar-refractivity contribution is 0.181. The van der Waals surface area contributed by atoms with Crippen molar-refractivity contribution in [2.45, 2.75) is 39.2 Å². The van der Waals surface area contributed by atoms with E-state index >= 15 is 0 Å². The fourth-order valence-electron chi connectivity index (χ4n) is 2.58. The van der Waals surface area contributed by atoms with Crippen LogP contribution in [0.3, 0.4) is 0 Å². The monoisotopic (exact) mass is 184 g/mol. The van der Waals surface area contributed by atoms with Gasteiger partial charge in [-0.15, -0.1) is 0 Å². The molecular formula is C11H24N2. The average molecular weight is 184 g/mol. The molecule has 2 heteroatoms. The van der Waals surface area contributed by atoms with E-state index in [4.69, 9.17) is 5.73 Å². The summed E-state index contributed by atoms with van der Waals surface area (Å²) in [4.78, 5) is 2.51. The van der Waals surface area contributed by atoms with Crippen molar-refractivity contribution in [2.75, 3.05) is 20.1 Å². The van der Waals surface area contributed by atoms with Crippen LogP contribution in [0.4, 0.5) is 0 Å². The molecule has 2 nitrogen and oxygen atoms in total. The molecule has 1 aliphatic carbocycles. The van der Waals surface area contributed by atoms with E-state index < -0.39 is 0 Å². The number of rotatable bonds is 4. The van der Waals surface area contributed by atoms with Gasteiger partial charge in [0, 0.05) is 12.6 Å². The van der Waals surface area contributed by atoms with E-state index in [1.165, 1.54) is 25.8 Å². The fraction of sp³-hybridized carbons (Fsp3) is 1.00. The summed E-state index contributed by atoms with van der Waals surface area (Å²) in [6.45, 7) is 6.64. The van der Waals surface area contributed by atoms with Gasteiger partial charge in [-0.25, -0.2) is 0 Å². The van der Waals surface area contributed by atoms with E-state index in [1.807, 2.05) is 0 Å². The van der Waals surface area contributed by atoms with Crippen molar-refractivity contribution in [3.8, 4) is 0 Å². The molecule has 0 bridgehead atoms. The summed E-state index contributed by atoms with van der Waals surface area (Å²) >= 11 is 0. The van der Waals surface area contributed by atoms with Crippen LogP contribution in [0.1, 0.15) is 33.1 Å². The first-order valence-corrected chi connectivity index (χ1v) is 5.55. The molecule has 0 heterocycles. The summed E-state index contributed by atoms with van der Waals surface area (Å²) in [5.74, 6) is 1.52. The van der Waals surface area contributed by atoms with Crippen LogP contribution < -0.4 is 5.73 Å². The van der Waals surface area contributed by atoms with Gasteiger partial charge in [0.25, 0.3) is 0 Å². The van der Waals surface area contributed by atoms with Crippen molar-refractivity contribution in [1.82, 2.24) is 4.90 Å².